The van der Waals surface area contributed by atoms with E-state index in [0.717, 1.165) is 12.2 Å². The summed E-state index contributed by atoms with van der Waals surface area (Å²) < 4.78 is 0. The molecule has 11 heavy (non-hydrogen) atoms. The van der Waals surface area contributed by atoms with Crippen LogP contribution in [0.15, 0.2) is 12.5 Å². The van der Waals surface area contributed by atoms with Gasteiger partial charge < -0.3 is 5.32 Å². The maximum atomic E-state index is 4.13. The quantitative estimate of drug-likeness (QED) is 0.642. The van der Waals surface area contributed by atoms with E-state index >= 15 is 0 Å². The van der Waals surface area contributed by atoms with Crippen molar-refractivity contribution in [2.45, 2.75) is 19.4 Å². The Kier molecular flexibility index (Phi) is 1.58. The van der Waals surface area contributed by atoms with Gasteiger partial charge in [0.2, 0.25) is 0 Å². The molecule has 3 nitrogen and oxygen atoms in total. The van der Waals surface area contributed by atoms with Crippen molar-refractivity contribution in [1.82, 2.24) is 15.3 Å². The molecule has 0 spiro atoms. The van der Waals surface area contributed by atoms with Crippen molar-refractivity contribution >= 4 is 0 Å². The van der Waals surface area contributed by atoms with Crippen LogP contribution < -0.4 is 5.32 Å². The van der Waals surface area contributed by atoms with E-state index in [4.69, 9.17) is 0 Å². The molecule has 1 fully saturated rings. The molecule has 1 atom stereocenters. The fourth-order valence-corrected chi connectivity index (χ4v) is 1.30. The summed E-state index contributed by atoms with van der Waals surface area (Å²) in [5.74, 6) is 0. The first-order chi connectivity index (χ1) is 5.38. The standard InChI is InChI=1S/C8H11N3/c1-6-7(4-9-5-11-6)8-2-3-10-8/h4-5,8,10H,2-3H2,1H3. The first kappa shape index (κ1) is 6.73. The summed E-state index contributed by atoms with van der Waals surface area (Å²) in [7, 11) is 0. The number of hydrogen-bond donors (Lipinski definition) is 1. The highest BCUT2D eigenvalue weighted by Crippen LogP contribution is 2.23. The summed E-state index contributed by atoms with van der Waals surface area (Å²) in [5, 5.41) is 3.32. The van der Waals surface area contributed by atoms with Crippen molar-refractivity contribution in [3.8, 4) is 0 Å². The van der Waals surface area contributed by atoms with Gasteiger partial charge in [0.05, 0.1) is 0 Å². The Bertz CT molecular complexity index is 255. The minimum Gasteiger partial charge on any atom is -0.310 e. The van der Waals surface area contributed by atoms with Crippen LogP contribution >= 0.6 is 0 Å². The van der Waals surface area contributed by atoms with E-state index in [2.05, 4.69) is 15.3 Å². The van der Waals surface area contributed by atoms with Gasteiger partial charge in [0, 0.05) is 23.5 Å². The predicted molar refractivity (Wildman–Crippen MR) is 42.1 cm³/mol. The van der Waals surface area contributed by atoms with Gasteiger partial charge in [0.15, 0.2) is 0 Å². The van der Waals surface area contributed by atoms with Crippen molar-refractivity contribution in [2.24, 2.45) is 0 Å². The Morgan fingerprint density at radius 2 is 2.45 bits per heavy atom. The summed E-state index contributed by atoms with van der Waals surface area (Å²) in [4.78, 5) is 8.13. The molecule has 2 heterocycles. The van der Waals surface area contributed by atoms with Crippen LogP contribution in [-0.4, -0.2) is 16.5 Å². The second-order valence-electron chi connectivity index (χ2n) is 2.86. The Hall–Kier alpha value is -0.960. The largest absolute Gasteiger partial charge is 0.310 e. The normalized spacial score (nSPS) is 22.8. The third-order valence-electron chi connectivity index (χ3n) is 2.15. The SMILES string of the molecule is Cc1ncncc1C1CCN1. The lowest BCUT2D eigenvalue weighted by molar-refractivity contribution is 0.380. The fourth-order valence-electron chi connectivity index (χ4n) is 1.30. The lowest BCUT2D eigenvalue weighted by Crippen LogP contribution is -2.35. The molecule has 1 unspecified atom stereocenters. The fraction of sp³-hybridized carbons (Fsp3) is 0.500. The molecule has 1 aromatic rings. The number of aryl methyl sites for hydroxylation is 1. The second-order valence-corrected chi connectivity index (χ2v) is 2.86. The van der Waals surface area contributed by atoms with Gasteiger partial charge in [-0.3, -0.25) is 0 Å². The zero-order valence-corrected chi connectivity index (χ0v) is 6.54. The van der Waals surface area contributed by atoms with E-state index in [0.29, 0.717) is 6.04 Å². The minimum absolute atomic E-state index is 0.510. The number of nitrogens with zero attached hydrogens (tertiary/aromatic N) is 2. The molecule has 1 aliphatic rings. The lowest BCUT2D eigenvalue weighted by Gasteiger charge is -2.28. The third kappa shape index (κ3) is 1.12. The van der Waals surface area contributed by atoms with Crippen LogP contribution in [0, 0.1) is 6.92 Å². The molecular formula is C8H11N3. The molecule has 0 radical (unpaired) electrons. The number of nitrogens with one attached hydrogen (secondary N) is 1. The maximum Gasteiger partial charge on any atom is 0.115 e. The molecule has 3 heteroatoms. The van der Waals surface area contributed by atoms with Gasteiger partial charge in [-0.05, 0) is 19.9 Å². The molecule has 1 aromatic heterocycles. The Balaban J connectivity index is 2.28. The van der Waals surface area contributed by atoms with Crippen molar-refractivity contribution in [3.05, 3.63) is 23.8 Å². The van der Waals surface area contributed by atoms with Gasteiger partial charge >= 0.3 is 0 Å². The maximum absolute atomic E-state index is 4.13. The Labute approximate surface area is 65.9 Å². The molecule has 2 rings (SSSR count). The smallest absolute Gasteiger partial charge is 0.115 e. The molecular weight excluding hydrogens is 138 g/mol. The Morgan fingerprint density at radius 3 is 3.00 bits per heavy atom. The highest BCUT2D eigenvalue weighted by molar-refractivity contribution is 5.20. The van der Waals surface area contributed by atoms with Crippen LogP contribution in [0.25, 0.3) is 0 Å². The number of aromatic nitrogens is 2. The zero-order chi connectivity index (χ0) is 7.68. The lowest BCUT2D eigenvalue weighted by atomic mass is 9.98. The predicted octanol–water partition coefficient (Wildman–Crippen LogP) is 0.819. The highest BCUT2D eigenvalue weighted by Gasteiger charge is 2.20. The monoisotopic (exact) mass is 149 g/mol. The molecule has 1 saturated heterocycles. The average molecular weight is 149 g/mol. The van der Waals surface area contributed by atoms with Crippen molar-refractivity contribution in [3.63, 3.8) is 0 Å². The molecule has 0 aromatic carbocycles. The molecule has 1 aliphatic heterocycles. The van der Waals surface area contributed by atoms with Gasteiger partial charge in [0.25, 0.3) is 0 Å². The van der Waals surface area contributed by atoms with Crippen molar-refractivity contribution < 1.29 is 0 Å². The summed E-state index contributed by atoms with van der Waals surface area (Å²) in [6, 6.07) is 0.510. The van der Waals surface area contributed by atoms with E-state index in [9.17, 15) is 0 Å². The van der Waals surface area contributed by atoms with E-state index in [1.165, 1.54) is 12.0 Å². The third-order valence-corrected chi connectivity index (χ3v) is 2.15. The van der Waals surface area contributed by atoms with Crippen LogP contribution in [-0.2, 0) is 0 Å². The number of hydrogen-bond acceptors (Lipinski definition) is 3. The second kappa shape index (κ2) is 2.58. The van der Waals surface area contributed by atoms with Crippen molar-refractivity contribution in [1.29, 1.82) is 0 Å². The molecule has 1 N–H and O–H groups in total. The van der Waals surface area contributed by atoms with E-state index in [1.807, 2.05) is 13.1 Å². The number of rotatable bonds is 1. The van der Waals surface area contributed by atoms with Gasteiger partial charge in [0.1, 0.15) is 6.33 Å². The summed E-state index contributed by atoms with van der Waals surface area (Å²) >= 11 is 0. The molecule has 0 saturated carbocycles. The molecule has 0 aliphatic carbocycles. The van der Waals surface area contributed by atoms with Gasteiger partial charge in [-0.15, -0.1) is 0 Å². The first-order valence-electron chi connectivity index (χ1n) is 3.88. The highest BCUT2D eigenvalue weighted by atomic mass is 15.0. The van der Waals surface area contributed by atoms with Crippen LogP contribution in [0.4, 0.5) is 0 Å². The van der Waals surface area contributed by atoms with Crippen LogP contribution in [0.5, 0.6) is 0 Å². The topological polar surface area (TPSA) is 37.8 Å². The summed E-state index contributed by atoms with van der Waals surface area (Å²) in [6.07, 6.45) is 4.71. The van der Waals surface area contributed by atoms with E-state index in [-0.39, 0.29) is 0 Å². The van der Waals surface area contributed by atoms with E-state index < -0.39 is 0 Å². The Morgan fingerprint density at radius 1 is 1.64 bits per heavy atom. The van der Waals surface area contributed by atoms with Gasteiger partial charge in [-0.25, -0.2) is 9.97 Å². The molecule has 0 amide bonds. The first-order valence-corrected chi connectivity index (χ1v) is 3.88. The molecule has 58 valence electrons. The zero-order valence-electron chi connectivity index (χ0n) is 6.54. The summed E-state index contributed by atoms with van der Waals surface area (Å²) in [5.41, 5.74) is 2.34. The van der Waals surface area contributed by atoms with Gasteiger partial charge in [-0.1, -0.05) is 0 Å². The van der Waals surface area contributed by atoms with Crippen LogP contribution in [0.2, 0.25) is 0 Å². The van der Waals surface area contributed by atoms with Crippen molar-refractivity contribution in [2.75, 3.05) is 6.54 Å². The van der Waals surface area contributed by atoms with Crippen LogP contribution in [0.1, 0.15) is 23.7 Å². The minimum atomic E-state index is 0.510. The van der Waals surface area contributed by atoms with Gasteiger partial charge in [-0.2, -0.15) is 0 Å². The molecule has 0 bridgehead atoms. The average Bonchev–Trinajstić information content (AvgIpc) is 1.90. The summed E-state index contributed by atoms with van der Waals surface area (Å²) in [6.45, 7) is 3.15. The van der Waals surface area contributed by atoms with E-state index in [1.54, 1.807) is 6.33 Å². The van der Waals surface area contributed by atoms with Crippen LogP contribution in [0.3, 0.4) is 0 Å².